The van der Waals surface area contributed by atoms with Crippen LogP contribution in [-0.2, 0) is 11.2 Å². The fourth-order valence-corrected chi connectivity index (χ4v) is 2.74. The Bertz CT molecular complexity index is 584. The van der Waals surface area contributed by atoms with Gasteiger partial charge in [-0.25, -0.2) is 0 Å². The molecule has 0 aromatic heterocycles. The molecule has 0 spiro atoms. The number of hydrogen-bond acceptors (Lipinski definition) is 3. The Morgan fingerprint density at radius 2 is 1.71 bits per heavy atom. The van der Waals surface area contributed by atoms with Crippen LogP contribution in [0.25, 0.3) is 0 Å². The molecule has 1 unspecified atom stereocenters. The highest BCUT2D eigenvalue weighted by Crippen LogP contribution is 2.29. The number of nitrogens with two attached hydrogens (primary N) is 1. The predicted molar refractivity (Wildman–Crippen MR) is 88.7 cm³/mol. The molecule has 21 heavy (non-hydrogen) atoms. The standard InChI is InChI=1S/C17H20BrNO2/c1-20-10-9-12-3-5-13(6-4-12)17(19)14-7-8-16(21-2)15(18)11-14/h3-8,11,17H,9-10,19H2,1-2H3. The summed E-state index contributed by atoms with van der Waals surface area (Å²) in [4.78, 5) is 0. The van der Waals surface area contributed by atoms with Crippen molar-refractivity contribution in [2.75, 3.05) is 20.8 Å². The van der Waals surface area contributed by atoms with E-state index in [2.05, 4.69) is 40.2 Å². The van der Waals surface area contributed by atoms with Crippen LogP contribution < -0.4 is 10.5 Å². The molecule has 3 nitrogen and oxygen atoms in total. The predicted octanol–water partition coefficient (Wildman–Crippen LogP) is 3.69. The number of ether oxygens (including phenoxy) is 2. The third-order valence-corrected chi connectivity index (χ3v) is 4.09. The molecule has 0 fully saturated rings. The molecule has 0 aliphatic heterocycles. The Morgan fingerprint density at radius 3 is 2.29 bits per heavy atom. The first kappa shape index (κ1) is 16.0. The Kier molecular flexibility index (Phi) is 5.79. The molecule has 2 aromatic rings. The third-order valence-electron chi connectivity index (χ3n) is 3.47. The minimum absolute atomic E-state index is 0.149. The van der Waals surface area contributed by atoms with Crippen molar-refractivity contribution in [2.45, 2.75) is 12.5 Å². The van der Waals surface area contributed by atoms with E-state index in [0.717, 1.165) is 34.4 Å². The van der Waals surface area contributed by atoms with Gasteiger partial charge in [0.05, 0.1) is 24.2 Å². The second kappa shape index (κ2) is 7.59. The van der Waals surface area contributed by atoms with E-state index < -0.39 is 0 Å². The second-order valence-electron chi connectivity index (χ2n) is 4.86. The van der Waals surface area contributed by atoms with Gasteiger partial charge >= 0.3 is 0 Å². The van der Waals surface area contributed by atoms with Gasteiger partial charge in [-0.3, -0.25) is 0 Å². The average molecular weight is 350 g/mol. The van der Waals surface area contributed by atoms with Crippen molar-refractivity contribution in [3.8, 4) is 5.75 Å². The van der Waals surface area contributed by atoms with E-state index in [1.807, 2.05) is 18.2 Å². The first-order valence-electron chi connectivity index (χ1n) is 6.82. The fourth-order valence-electron chi connectivity index (χ4n) is 2.18. The van der Waals surface area contributed by atoms with E-state index >= 15 is 0 Å². The molecule has 0 saturated heterocycles. The van der Waals surface area contributed by atoms with Crippen molar-refractivity contribution in [2.24, 2.45) is 5.73 Å². The Labute approximate surface area is 134 Å². The molecule has 2 aromatic carbocycles. The molecule has 0 aliphatic carbocycles. The maximum Gasteiger partial charge on any atom is 0.133 e. The lowest BCUT2D eigenvalue weighted by Gasteiger charge is -2.15. The van der Waals surface area contributed by atoms with Crippen LogP contribution in [0.2, 0.25) is 0 Å². The van der Waals surface area contributed by atoms with Gasteiger partial charge in [0, 0.05) is 7.11 Å². The quantitative estimate of drug-likeness (QED) is 0.864. The minimum Gasteiger partial charge on any atom is -0.496 e. The van der Waals surface area contributed by atoms with Gasteiger partial charge in [0.1, 0.15) is 5.75 Å². The normalized spacial score (nSPS) is 12.2. The highest BCUT2D eigenvalue weighted by Gasteiger charge is 2.11. The van der Waals surface area contributed by atoms with Crippen molar-refractivity contribution in [1.82, 2.24) is 0 Å². The van der Waals surface area contributed by atoms with Crippen LogP contribution in [0.4, 0.5) is 0 Å². The van der Waals surface area contributed by atoms with Crippen molar-refractivity contribution in [3.63, 3.8) is 0 Å². The van der Waals surface area contributed by atoms with Gasteiger partial charge in [-0.2, -0.15) is 0 Å². The third kappa shape index (κ3) is 4.06. The maximum absolute atomic E-state index is 6.34. The van der Waals surface area contributed by atoms with E-state index in [1.54, 1.807) is 14.2 Å². The lowest BCUT2D eigenvalue weighted by atomic mass is 9.98. The van der Waals surface area contributed by atoms with Gasteiger partial charge < -0.3 is 15.2 Å². The number of benzene rings is 2. The molecule has 0 aliphatic rings. The molecule has 112 valence electrons. The highest BCUT2D eigenvalue weighted by atomic mass is 79.9. The number of methoxy groups -OCH3 is 2. The summed E-state index contributed by atoms with van der Waals surface area (Å²) in [7, 11) is 3.37. The van der Waals surface area contributed by atoms with E-state index in [0.29, 0.717) is 0 Å². The van der Waals surface area contributed by atoms with E-state index in [9.17, 15) is 0 Å². The van der Waals surface area contributed by atoms with Crippen LogP contribution in [0.5, 0.6) is 5.75 Å². The first-order valence-corrected chi connectivity index (χ1v) is 7.61. The monoisotopic (exact) mass is 349 g/mol. The summed E-state index contributed by atoms with van der Waals surface area (Å²) in [5.41, 5.74) is 9.73. The molecule has 0 radical (unpaired) electrons. The van der Waals surface area contributed by atoms with Crippen LogP contribution >= 0.6 is 15.9 Å². The number of rotatable bonds is 6. The van der Waals surface area contributed by atoms with E-state index in [-0.39, 0.29) is 6.04 Å². The summed E-state index contributed by atoms with van der Waals surface area (Å²) < 4.78 is 11.2. The summed E-state index contributed by atoms with van der Waals surface area (Å²) in [5.74, 6) is 0.806. The summed E-state index contributed by atoms with van der Waals surface area (Å²) >= 11 is 3.49. The van der Waals surface area contributed by atoms with Crippen LogP contribution in [0, 0.1) is 0 Å². The van der Waals surface area contributed by atoms with Crippen LogP contribution in [0.1, 0.15) is 22.7 Å². The van der Waals surface area contributed by atoms with Crippen molar-refractivity contribution >= 4 is 15.9 Å². The summed E-state index contributed by atoms with van der Waals surface area (Å²) in [5, 5.41) is 0. The van der Waals surface area contributed by atoms with Gasteiger partial charge in [0.15, 0.2) is 0 Å². The Hall–Kier alpha value is -1.36. The van der Waals surface area contributed by atoms with Gasteiger partial charge in [0.2, 0.25) is 0 Å². The maximum atomic E-state index is 6.34. The molecular weight excluding hydrogens is 330 g/mol. The van der Waals surface area contributed by atoms with Crippen LogP contribution in [0.15, 0.2) is 46.9 Å². The molecule has 0 amide bonds. The zero-order valence-corrected chi connectivity index (χ0v) is 13.9. The van der Waals surface area contributed by atoms with Gasteiger partial charge in [-0.15, -0.1) is 0 Å². The van der Waals surface area contributed by atoms with Crippen molar-refractivity contribution < 1.29 is 9.47 Å². The van der Waals surface area contributed by atoms with Gasteiger partial charge in [-0.1, -0.05) is 30.3 Å². The van der Waals surface area contributed by atoms with E-state index in [1.165, 1.54) is 5.56 Å². The molecule has 1 atom stereocenters. The number of halogens is 1. The largest absolute Gasteiger partial charge is 0.496 e. The van der Waals surface area contributed by atoms with Crippen LogP contribution in [-0.4, -0.2) is 20.8 Å². The lowest BCUT2D eigenvalue weighted by molar-refractivity contribution is 0.202. The second-order valence-corrected chi connectivity index (χ2v) is 5.71. The molecule has 4 heteroatoms. The zero-order chi connectivity index (χ0) is 15.2. The van der Waals surface area contributed by atoms with Crippen LogP contribution in [0.3, 0.4) is 0 Å². The van der Waals surface area contributed by atoms with E-state index in [4.69, 9.17) is 15.2 Å². The summed E-state index contributed by atoms with van der Waals surface area (Å²) in [6.07, 6.45) is 0.917. The fraction of sp³-hybridized carbons (Fsp3) is 0.294. The van der Waals surface area contributed by atoms with Crippen molar-refractivity contribution in [3.05, 3.63) is 63.6 Å². The molecule has 0 saturated carbocycles. The Morgan fingerprint density at radius 1 is 1.05 bits per heavy atom. The number of hydrogen-bond donors (Lipinski definition) is 1. The Balaban J connectivity index is 2.15. The SMILES string of the molecule is COCCc1ccc(C(N)c2ccc(OC)c(Br)c2)cc1. The summed E-state index contributed by atoms with van der Waals surface area (Å²) in [6.45, 7) is 0.733. The molecule has 2 N–H and O–H groups in total. The zero-order valence-electron chi connectivity index (χ0n) is 12.3. The molecule has 0 bridgehead atoms. The molecule has 2 rings (SSSR count). The minimum atomic E-state index is -0.149. The highest BCUT2D eigenvalue weighted by molar-refractivity contribution is 9.10. The topological polar surface area (TPSA) is 44.5 Å². The molecule has 0 heterocycles. The average Bonchev–Trinajstić information content (AvgIpc) is 2.52. The van der Waals surface area contributed by atoms with Gasteiger partial charge in [0.25, 0.3) is 0 Å². The lowest BCUT2D eigenvalue weighted by Crippen LogP contribution is -2.12. The smallest absolute Gasteiger partial charge is 0.133 e. The van der Waals surface area contributed by atoms with Crippen molar-refractivity contribution in [1.29, 1.82) is 0 Å². The first-order chi connectivity index (χ1) is 10.2. The summed E-state index contributed by atoms with van der Waals surface area (Å²) in [6, 6.07) is 14.1. The molecular formula is C17H20BrNO2. The van der Waals surface area contributed by atoms with Gasteiger partial charge in [-0.05, 0) is 51.2 Å².